The van der Waals surface area contributed by atoms with E-state index in [1.165, 1.54) is 13.2 Å². The molecule has 1 aromatic carbocycles. The van der Waals surface area contributed by atoms with E-state index in [2.05, 4.69) is 5.32 Å². The molecule has 2 N–H and O–H groups in total. The van der Waals surface area contributed by atoms with E-state index in [1.54, 1.807) is 18.2 Å². The van der Waals surface area contributed by atoms with Crippen LogP contribution < -0.4 is 20.3 Å². The van der Waals surface area contributed by atoms with Crippen molar-refractivity contribution in [2.75, 3.05) is 19.0 Å². The Morgan fingerprint density at radius 3 is 2.63 bits per heavy atom. The zero-order valence-electron chi connectivity index (χ0n) is 14.5. The molecule has 0 atom stereocenters. The molecule has 2 rings (SSSR count). The first kappa shape index (κ1) is 20.1. The largest absolute Gasteiger partial charge is 0.493 e. The van der Waals surface area contributed by atoms with Gasteiger partial charge < -0.3 is 19.8 Å². The number of H-pyrrole nitrogens is 1. The maximum atomic E-state index is 12.7. The average molecular weight is 382 g/mol. The first-order valence-electron chi connectivity index (χ1n) is 7.84. The molecule has 0 unspecified atom stereocenters. The molecule has 144 valence electrons. The van der Waals surface area contributed by atoms with Gasteiger partial charge in [-0.1, -0.05) is 6.07 Å². The highest BCUT2D eigenvalue weighted by atomic mass is 19.4. The van der Waals surface area contributed by atoms with Crippen molar-refractivity contribution in [3.8, 4) is 11.5 Å². The third kappa shape index (κ3) is 5.37. The molecule has 2 aromatic rings. The van der Waals surface area contributed by atoms with Gasteiger partial charge in [-0.05, 0) is 36.8 Å². The normalized spacial score (nSPS) is 11.4. The van der Waals surface area contributed by atoms with E-state index in [4.69, 9.17) is 9.47 Å². The minimum atomic E-state index is -4.64. The summed E-state index contributed by atoms with van der Waals surface area (Å²) in [6, 6.07) is 5.54. The minimum Gasteiger partial charge on any atom is -0.493 e. The quantitative estimate of drug-likeness (QED) is 0.750. The third-order valence-corrected chi connectivity index (χ3v) is 3.40. The van der Waals surface area contributed by atoms with Crippen molar-refractivity contribution in [3.63, 3.8) is 0 Å². The van der Waals surface area contributed by atoms with E-state index in [1.807, 2.05) is 11.9 Å². The molecule has 0 saturated heterocycles. The number of rotatable bonds is 6. The summed E-state index contributed by atoms with van der Waals surface area (Å²) in [4.78, 5) is 25.5. The van der Waals surface area contributed by atoms with Gasteiger partial charge >= 0.3 is 6.18 Å². The molecule has 27 heavy (non-hydrogen) atoms. The smallest absolute Gasteiger partial charge is 0.417 e. The number of ether oxygens (including phenoxy) is 2. The second-order valence-electron chi connectivity index (χ2n) is 5.29. The molecular formula is C18H17F3N2O4. The van der Waals surface area contributed by atoms with E-state index < -0.39 is 28.9 Å². The van der Waals surface area contributed by atoms with Crippen molar-refractivity contribution >= 4 is 17.7 Å². The Morgan fingerprint density at radius 1 is 1.26 bits per heavy atom. The summed E-state index contributed by atoms with van der Waals surface area (Å²) in [5.74, 6) is 0.249. The predicted molar refractivity (Wildman–Crippen MR) is 93.9 cm³/mol. The maximum Gasteiger partial charge on any atom is 0.417 e. The molecular weight excluding hydrogens is 365 g/mol. The average Bonchev–Trinajstić information content (AvgIpc) is 2.62. The first-order chi connectivity index (χ1) is 12.7. The van der Waals surface area contributed by atoms with E-state index >= 15 is 0 Å². The number of aromatic nitrogens is 1. The lowest BCUT2D eigenvalue weighted by molar-refractivity contribution is -0.137. The Morgan fingerprint density at radius 2 is 2.00 bits per heavy atom. The van der Waals surface area contributed by atoms with Crippen LogP contribution in [0.3, 0.4) is 0 Å². The molecule has 0 saturated carbocycles. The minimum absolute atomic E-state index is 0.458. The van der Waals surface area contributed by atoms with Crippen LogP contribution in [-0.2, 0) is 11.0 Å². The van der Waals surface area contributed by atoms with Crippen LogP contribution in [0.1, 0.15) is 18.1 Å². The van der Waals surface area contributed by atoms with Crippen LogP contribution in [0, 0.1) is 0 Å². The predicted octanol–water partition coefficient (Wildman–Crippen LogP) is 3.45. The van der Waals surface area contributed by atoms with Crippen molar-refractivity contribution in [2.24, 2.45) is 0 Å². The summed E-state index contributed by atoms with van der Waals surface area (Å²) >= 11 is 0. The molecule has 9 heteroatoms. The fraction of sp³-hybridized carbons (Fsp3) is 0.222. The summed E-state index contributed by atoms with van der Waals surface area (Å²) in [6.07, 6.45) is -1.58. The number of anilines is 1. The summed E-state index contributed by atoms with van der Waals surface area (Å²) in [5.41, 5.74) is -1.81. The summed E-state index contributed by atoms with van der Waals surface area (Å²) < 4.78 is 48.7. The van der Waals surface area contributed by atoms with Gasteiger partial charge in [0.15, 0.2) is 11.5 Å². The number of carbonyl (C=O) groups excluding carboxylic acids is 1. The molecule has 1 heterocycles. The fourth-order valence-corrected chi connectivity index (χ4v) is 2.15. The number of methoxy groups -OCH3 is 1. The van der Waals surface area contributed by atoms with Gasteiger partial charge in [0.2, 0.25) is 5.91 Å². The lowest BCUT2D eigenvalue weighted by Crippen LogP contribution is -2.20. The van der Waals surface area contributed by atoms with Crippen LogP contribution in [0.2, 0.25) is 0 Å². The summed E-state index contributed by atoms with van der Waals surface area (Å²) in [5, 5.41) is 2.13. The molecule has 0 spiro atoms. The highest BCUT2D eigenvalue weighted by molar-refractivity contribution is 6.01. The highest BCUT2D eigenvalue weighted by Gasteiger charge is 2.31. The lowest BCUT2D eigenvalue weighted by Gasteiger charge is -2.09. The lowest BCUT2D eigenvalue weighted by atomic mass is 10.2. The van der Waals surface area contributed by atoms with Crippen LogP contribution in [0.4, 0.5) is 18.9 Å². The molecule has 1 amide bonds. The summed E-state index contributed by atoms with van der Waals surface area (Å²) in [6.45, 7) is 2.28. The Labute approximate surface area is 152 Å². The van der Waals surface area contributed by atoms with Gasteiger partial charge in [-0.3, -0.25) is 9.59 Å². The van der Waals surface area contributed by atoms with Gasteiger partial charge in [0.25, 0.3) is 5.56 Å². The van der Waals surface area contributed by atoms with Crippen LogP contribution in [-0.4, -0.2) is 24.6 Å². The number of alkyl halides is 3. The molecule has 0 aliphatic heterocycles. The van der Waals surface area contributed by atoms with E-state index in [-0.39, 0.29) is 0 Å². The molecule has 0 aliphatic carbocycles. The zero-order chi connectivity index (χ0) is 20.0. The Kier molecular flexibility index (Phi) is 6.27. The number of carbonyl (C=O) groups is 1. The van der Waals surface area contributed by atoms with Crippen molar-refractivity contribution < 1.29 is 27.4 Å². The van der Waals surface area contributed by atoms with Gasteiger partial charge in [-0.15, -0.1) is 0 Å². The van der Waals surface area contributed by atoms with Crippen LogP contribution in [0.5, 0.6) is 11.5 Å². The number of amides is 1. The molecule has 0 aliphatic rings. The molecule has 0 bridgehead atoms. The van der Waals surface area contributed by atoms with Gasteiger partial charge in [0, 0.05) is 12.3 Å². The number of pyridine rings is 1. The summed E-state index contributed by atoms with van der Waals surface area (Å²) in [7, 11) is 1.47. The van der Waals surface area contributed by atoms with Gasteiger partial charge in [0.05, 0.1) is 19.3 Å². The number of benzene rings is 1. The first-order valence-corrected chi connectivity index (χ1v) is 7.84. The number of hydrogen-bond donors (Lipinski definition) is 2. The van der Waals surface area contributed by atoms with Crippen molar-refractivity contribution in [1.82, 2.24) is 4.98 Å². The third-order valence-electron chi connectivity index (χ3n) is 3.40. The van der Waals surface area contributed by atoms with Crippen molar-refractivity contribution in [1.29, 1.82) is 0 Å². The number of halogens is 3. The van der Waals surface area contributed by atoms with E-state index in [0.717, 1.165) is 6.08 Å². The second kappa shape index (κ2) is 8.43. The Bertz CT molecular complexity index is 904. The molecule has 1 aromatic heterocycles. The van der Waals surface area contributed by atoms with Crippen LogP contribution >= 0.6 is 0 Å². The van der Waals surface area contributed by atoms with Crippen molar-refractivity contribution in [3.05, 3.63) is 58.0 Å². The zero-order valence-corrected chi connectivity index (χ0v) is 14.5. The standard InChI is InChI=1S/C18H17F3N2O4/c1-3-27-14-6-4-11(8-15(14)26-2)5-7-16(24)23-13-9-12(18(19,20)21)10-22-17(13)25/h4-10H,3H2,1-2H3,(H,22,25)(H,23,24). The van der Waals surface area contributed by atoms with Gasteiger partial charge in [-0.25, -0.2) is 0 Å². The Balaban J connectivity index is 2.15. The topological polar surface area (TPSA) is 80.4 Å². The van der Waals surface area contributed by atoms with E-state index in [0.29, 0.717) is 35.9 Å². The second-order valence-corrected chi connectivity index (χ2v) is 5.29. The number of hydrogen-bond acceptors (Lipinski definition) is 4. The molecule has 0 radical (unpaired) electrons. The highest BCUT2D eigenvalue weighted by Crippen LogP contribution is 2.29. The Hall–Kier alpha value is -3.23. The SMILES string of the molecule is CCOc1ccc(C=CC(=O)Nc2cc(C(F)(F)F)c[nH]c2=O)cc1OC. The van der Waals surface area contributed by atoms with Crippen LogP contribution in [0.25, 0.3) is 6.08 Å². The fourth-order valence-electron chi connectivity index (χ4n) is 2.15. The van der Waals surface area contributed by atoms with E-state index in [9.17, 15) is 22.8 Å². The molecule has 6 nitrogen and oxygen atoms in total. The maximum absolute atomic E-state index is 12.7. The number of aromatic amines is 1. The monoisotopic (exact) mass is 382 g/mol. The number of nitrogens with one attached hydrogen (secondary N) is 2. The van der Waals surface area contributed by atoms with Gasteiger partial charge in [0.1, 0.15) is 5.69 Å². The molecule has 0 fully saturated rings. The van der Waals surface area contributed by atoms with Gasteiger partial charge in [-0.2, -0.15) is 13.2 Å². The van der Waals surface area contributed by atoms with Crippen LogP contribution in [0.15, 0.2) is 41.3 Å². The van der Waals surface area contributed by atoms with Crippen molar-refractivity contribution in [2.45, 2.75) is 13.1 Å².